The van der Waals surface area contributed by atoms with Crippen molar-refractivity contribution in [2.75, 3.05) is 11.5 Å². The summed E-state index contributed by atoms with van der Waals surface area (Å²) in [5.41, 5.74) is 12.0. The fourth-order valence-electron chi connectivity index (χ4n) is 2.85. The van der Waals surface area contributed by atoms with Crippen molar-refractivity contribution in [1.29, 1.82) is 0 Å². The Labute approximate surface area is 151 Å². The zero-order valence-corrected chi connectivity index (χ0v) is 15.0. The van der Waals surface area contributed by atoms with E-state index >= 15 is 0 Å². The summed E-state index contributed by atoms with van der Waals surface area (Å²) in [4.78, 5) is 24.8. The number of aliphatic hydroxyl groups is 1. The molecule has 2 rings (SSSR count). The Morgan fingerprint density at radius 3 is 2.52 bits per heavy atom. The summed E-state index contributed by atoms with van der Waals surface area (Å²) < 4.78 is 0. The van der Waals surface area contributed by atoms with Gasteiger partial charge in [-0.3, -0.25) is 9.59 Å². The number of fused-ring (bicyclic) bond motifs is 1. The Morgan fingerprint density at radius 1 is 1.16 bits per heavy atom. The molecule has 0 spiro atoms. The number of benzene rings is 2. The first-order valence-corrected chi connectivity index (χ1v) is 9.45. The smallest absolute Gasteiger partial charge is 0.232 e. The molecule has 0 aliphatic heterocycles. The van der Waals surface area contributed by atoms with Crippen LogP contribution in [-0.2, 0) is 9.59 Å². The Morgan fingerprint density at radius 2 is 1.84 bits per heavy atom. The van der Waals surface area contributed by atoms with Gasteiger partial charge in [-0.15, -0.1) is 0 Å². The lowest BCUT2D eigenvalue weighted by Gasteiger charge is -2.22. The lowest BCUT2D eigenvalue weighted by atomic mass is 9.86. The molecule has 5 N–H and O–H groups in total. The van der Waals surface area contributed by atoms with Crippen LogP contribution in [0.25, 0.3) is 10.8 Å². The third-order valence-corrected chi connectivity index (χ3v) is 5.13. The SMILES string of the molecule is CCSCCC(N)C(O)C(=O)C(C(N)=O)c1cccc2ccccc12. The van der Waals surface area contributed by atoms with Crippen LogP contribution in [0.5, 0.6) is 0 Å². The molecule has 0 fully saturated rings. The van der Waals surface area contributed by atoms with Crippen molar-refractivity contribution >= 4 is 34.2 Å². The van der Waals surface area contributed by atoms with Gasteiger partial charge < -0.3 is 16.6 Å². The molecule has 0 saturated carbocycles. The van der Waals surface area contributed by atoms with Crippen molar-refractivity contribution in [1.82, 2.24) is 0 Å². The minimum Gasteiger partial charge on any atom is -0.384 e. The third-order valence-electron chi connectivity index (χ3n) is 4.20. The first-order chi connectivity index (χ1) is 12.0. The summed E-state index contributed by atoms with van der Waals surface area (Å²) >= 11 is 1.68. The van der Waals surface area contributed by atoms with Gasteiger partial charge in [0.05, 0.1) is 0 Å². The van der Waals surface area contributed by atoms with Crippen LogP contribution in [0.3, 0.4) is 0 Å². The van der Waals surface area contributed by atoms with Crippen LogP contribution in [0.2, 0.25) is 0 Å². The molecule has 134 valence electrons. The van der Waals surface area contributed by atoms with Crippen LogP contribution in [0.1, 0.15) is 24.8 Å². The molecule has 5 nitrogen and oxygen atoms in total. The van der Waals surface area contributed by atoms with Gasteiger partial charge in [0.25, 0.3) is 0 Å². The zero-order valence-electron chi connectivity index (χ0n) is 14.2. The van der Waals surface area contributed by atoms with Crippen molar-refractivity contribution in [3.05, 3.63) is 48.0 Å². The highest BCUT2D eigenvalue weighted by molar-refractivity contribution is 7.99. The highest BCUT2D eigenvalue weighted by atomic mass is 32.2. The van der Waals surface area contributed by atoms with E-state index < -0.39 is 29.8 Å². The molecule has 0 aromatic heterocycles. The van der Waals surface area contributed by atoms with E-state index in [-0.39, 0.29) is 0 Å². The third kappa shape index (κ3) is 4.60. The maximum absolute atomic E-state index is 12.8. The second-order valence-corrected chi connectivity index (χ2v) is 7.29. The number of hydrogen-bond acceptors (Lipinski definition) is 5. The molecular formula is C19H24N2O3S. The second kappa shape index (κ2) is 8.99. The second-order valence-electron chi connectivity index (χ2n) is 5.90. The number of Topliss-reactive ketones (excluding diaryl/α,β-unsaturated/α-hetero) is 1. The molecule has 0 radical (unpaired) electrons. The monoisotopic (exact) mass is 360 g/mol. The molecule has 25 heavy (non-hydrogen) atoms. The number of rotatable bonds is 9. The topological polar surface area (TPSA) is 106 Å². The van der Waals surface area contributed by atoms with E-state index in [0.717, 1.165) is 22.3 Å². The molecule has 2 aromatic carbocycles. The quantitative estimate of drug-likeness (QED) is 0.467. The number of carbonyl (C=O) groups is 2. The number of aliphatic hydroxyl groups excluding tert-OH is 1. The summed E-state index contributed by atoms with van der Waals surface area (Å²) in [6.07, 6.45) is -0.930. The number of nitrogens with two attached hydrogens (primary N) is 2. The van der Waals surface area contributed by atoms with Crippen molar-refractivity contribution < 1.29 is 14.7 Å². The van der Waals surface area contributed by atoms with Crippen LogP contribution in [0.15, 0.2) is 42.5 Å². The molecule has 6 heteroatoms. The standard InChI is InChI=1S/C19H24N2O3S/c1-2-25-11-10-15(20)17(22)18(23)16(19(21)24)14-9-5-7-12-6-3-4-8-13(12)14/h3-9,15-17,22H,2,10-11,20H2,1H3,(H2,21,24). The van der Waals surface area contributed by atoms with E-state index in [9.17, 15) is 14.7 Å². The van der Waals surface area contributed by atoms with Crippen LogP contribution in [0.4, 0.5) is 0 Å². The van der Waals surface area contributed by atoms with E-state index in [1.54, 1.807) is 23.9 Å². The van der Waals surface area contributed by atoms with E-state index in [4.69, 9.17) is 11.5 Å². The van der Waals surface area contributed by atoms with E-state index in [2.05, 4.69) is 0 Å². The van der Waals surface area contributed by atoms with Crippen molar-refractivity contribution in [3.8, 4) is 0 Å². The summed E-state index contributed by atoms with van der Waals surface area (Å²) in [6.45, 7) is 2.03. The number of primary amides is 1. The number of thioether (sulfide) groups is 1. The van der Waals surface area contributed by atoms with Crippen LogP contribution < -0.4 is 11.5 Å². The first-order valence-electron chi connectivity index (χ1n) is 8.29. The number of ketones is 1. The average molecular weight is 360 g/mol. The highest BCUT2D eigenvalue weighted by Crippen LogP contribution is 2.27. The van der Waals surface area contributed by atoms with Crippen molar-refractivity contribution in [3.63, 3.8) is 0 Å². The van der Waals surface area contributed by atoms with Gasteiger partial charge in [0.2, 0.25) is 5.91 Å². The van der Waals surface area contributed by atoms with Crippen LogP contribution >= 0.6 is 11.8 Å². The summed E-state index contributed by atoms with van der Waals surface area (Å²) in [7, 11) is 0. The van der Waals surface area contributed by atoms with Gasteiger partial charge in [0.1, 0.15) is 12.0 Å². The molecule has 3 atom stereocenters. The summed E-state index contributed by atoms with van der Waals surface area (Å²) in [6, 6.07) is 12.1. The minimum atomic E-state index is -1.42. The molecule has 0 aliphatic carbocycles. The molecule has 3 unspecified atom stereocenters. The number of hydrogen-bond donors (Lipinski definition) is 3. The Bertz CT molecular complexity index is 745. The fraction of sp³-hybridized carbons (Fsp3) is 0.368. The van der Waals surface area contributed by atoms with Crippen molar-refractivity contribution in [2.24, 2.45) is 11.5 Å². The highest BCUT2D eigenvalue weighted by Gasteiger charge is 2.35. The lowest BCUT2D eigenvalue weighted by molar-refractivity contribution is -0.134. The first kappa shape index (κ1) is 19.4. The van der Waals surface area contributed by atoms with Crippen molar-refractivity contribution in [2.45, 2.75) is 31.4 Å². The number of carbonyl (C=O) groups excluding carboxylic acids is 2. The Hall–Kier alpha value is -1.89. The zero-order chi connectivity index (χ0) is 18.4. The van der Waals surface area contributed by atoms with Gasteiger partial charge >= 0.3 is 0 Å². The van der Waals surface area contributed by atoms with Gasteiger partial charge in [0.15, 0.2) is 5.78 Å². The molecular weight excluding hydrogens is 336 g/mol. The Kier molecular flexibility index (Phi) is 6.99. The minimum absolute atomic E-state index is 0.492. The molecule has 2 aromatic rings. The fourth-order valence-corrected chi connectivity index (χ4v) is 3.58. The van der Waals surface area contributed by atoms with E-state index in [1.807, 2.05) is 37.3 Å². The maximum atomic E-state index is 12.8. The molecule has 0 heterocycles. The summed E-state index contributed by atoms with van der Waals surface area (Å²) in [5.74, 6) is -0.951. The summed E-state index contributed by atoms with van der Waals surface area (Å²) in [5, 5.41) is 12.0. The van der Waals surface area contributed by atoms with Gasteiger partial charge in [0, 0.05) is 6.04 Å². The lowest BCUT2D eigenvalue weighted by Crippen LogP contribution is -2.45. The van der Waals surface area contributed by atoms with Gasteiger partial charge in [-0.25, -0.2) is 0 Å². The van der Waals surface area contributed by atoms with E-state index in [1.165, 1.54) is 0 Å². The predicted octanol–water partition coefficient (Wildman–Crippen LogP) is 1.81. The predicted molar refractivity (Wildman–Crippen MR) is 102 cm³/mol. The molecule has 0 aliphatic rings. The maximum Gasteiger partial charge on any atom is 0.232 e. The molecule has 0 saturated heterocycles. The largest absolute Gasteiger partial charge is 0.384 e. The van der Waals surface area contributed by atoms with Crippen LogP contribution in [0, 0.1) is 0 Å². The van der Waals surface area contributed by atoms with Gasteiger partial charge in [-0.1, -0.05) is 49.4 Å². The molecule has 0 bridgehead atoms. The van der Waals surface area contributed by atoms with Crippen LogP contribution in [-0.4, -0.2) is 40.4 Å². The van der Waals surface area contributed by atoms with Gasteiger partial charge in [-0.05, 0) is 34.3 Å². The average Bonchev–Trinajstić information content (AvgIpc) is 2.61. The normalized spacial score (nSPS) is 14.8. The molecule has 1 amide bonds. The van der Waals surface area contributed by atoms with E-state index in [0.29, 0.717) is 12.0 Å². The number of amides is 1. The van der Waals surface area contributed by atoms with Gasteiger partial charge in [-0.2, -0.15) is 11.8 Å². The Balaban J connectivity index is 2.31.